The molecule has 2 N–H and O–H groups in total. The Morgan fingerprint density at radius 1 is 1.00 bits per heavy atom. The molecule has 0 heterocycles. The predicted molar refractivity (Wildman–Crippen MR) is 99.9 cm³/mol. The van der Waals surface area contributed by atoms with E-state index in [9.17, 15) is 13.2 Å². The molecule has 128 valence electrons. The average Bonchev–Trinajstić information content (AvgIpc) is 2.57. The van der Waals surface area contributed by atoms with Gasteiger partial charge in [-0.3, -0.25) is 9.52 Å². The molecule has 0 aliphatic heterocycles. The van der Waals surface area contributed by atoms with E-state index in [4.69, 9.17) is 0 Å². The summed E-state index contributed by atoms with van der Waals surface area (Å²) < 4.78 is 27.0. The molecule has 0 spiro atoms. The zero-order chi connectivity index (χ0) is 17.8. The summed E-state index contributed by atoms with van der Waals surface area (Å²) in [6.07, 6.45) is 0. The summed E-state index contributed by atoms with van der Waals surface area (Å²) in [5, 5.41) is 3.35. The second-order valence-corrected chi connectivity index (χ2v) is 8.21. The second-order valence-electron chi connectivity index (χ2n) is 5.97. The van der Waals surface area contributed by atoms with Crippen molar-refractivity contribution in [2.24, 2.45) is 5.41 Å². The number of amides is 1. The standard InChI is InChI=1S/C17H19BrN2O3S/c1-17(2,12-18)16(21)19-13-8-10-14(11-9-13)20-24(22,23)15-6-4-3-5-7-15/h3-11,20H,12H2,1-2H3,(H,19,21). The quantitative estimate of drug-likeness (QED) is 0.710. The third kappa shape index (κ3) is 4.58. The van der Waals surface area contributed by atoms with Gasteiger partial charge >= 0.3 is 0 Å². The molecule has 0 radical (unpaired) electrons. The minimum absolute atomic E-state index is 0.114. The van der Waals surface area contributed by atoms with Gasteiger partial charge < -0.3 is 5.32 Å². The molecule has 0 bridgehead atoms. The van der Waals surface area contributed by atoms with Gasteiger partial charge in [0.15, 0.2) is 0 Å². The molecule has 0 saturated carbocycles. The summed E-state index contributed by atoms with van der Waals surface area (Å²) >= 11 is 3.31. The normalized spacial score (nSPS) is 11.8. The van der Waals surface area contributed by atoms with E-state index in [1.807, 2.05) is 13.8 Å². The molecule has 2 aromatic carbocycles. The number of nitrogens with one attached hydrogen (secondary N) is 2. The highest BCUT2D eigenvalue weighted by Gasteiger charge is 2.26. The van der Waals surface area contributed by atoms with Gasteiger partial charge in [0.2, 0.25) is 5.91 Å². The molecule has 5 nitrogen and oxygen atoms in total. The van der Waals surface area contributed by atoms with Crippen LogP contribution in [-0.2, 0) is 14.8 Å². The highest BCUT2D eigenvalue weighted by Crippen LogP contribution is 2.22. The van der Waals surface area contributed by atoms with Crippen LogP contribution < -0.4 is 10.0 Å². The summed E-state index contributed by atoms with van der Waals surface area (Å²) in [4.78, 5) is 12.3. The van der Waals surface area contributed by atoms with E-state index in [2.05, 4.69) is 26.0 Å². The van der Waals surface area contributed by atoms with Crippen molar-refractivity contribution < 1.29 is 13.2 Å². The highest BCUT2D eigenvalue weighted by molar-refractivity contribution is 9.09. The third-order valence-electron chi connectivity index (χ3n) is 3.40. The maximum atomic E-state index is 12.2. The van der Waals surface area contributed by atoms with Gasteiger partial charge in [0.25, 0.3) is 10.0 Å². The molecule has 0 fully saturated rings. The van der Waals surface area contributed by atoms with Crippen molar-refractivity contribution in [3.63, 3.8) is 0 Å². The third-order valence-corrected chi connectivity index (χ3v) is 6.20. The van der Waals surface area contributed by atoms with Crippen molar-refractivity contribution >= 4 is 43.2 Å². The van der Waals surface area contributed by atoms with E-state index in [1.54, 1.807) is 42.5 Å². The van der Waals surface area contributed by atoms with Gasteiger partial charge in [0.05, 0.1) is 10.3 Å². The molecule has 7 heteroatoms. The lowest BCUT2D eigenvalue weighted by atomic mass is 9.95. The first kappa shape index (κ1) is 18.5. The number of carbonyl (C=O) groups excluding carboxylic acids is 1. The topological polar surface area (TPSA) is 75.3 Å². The van der Waals surface area contributed by atoms with Crippen LogP contribution in [0.5, 0.6) is 0 Å². The smallest absolute Gasteiger partial charge is 0.261 e. The monoisotopic (exact) mass is 410 g/mol. The number of sulfonamides is 1. The van der Waals surface area contributed by atoms with E-state index in [0.717, 1.165) is 0 Å². The van der Waals surface area contributed by atoms with Crippen LogP contribution in [-0.4, -0.2) is 19.7 Å². The molecule has 0 saturated heterocycles. The molecule has 1 amide bonds. The first-order chi connectivity index (χ1) is 11.2. The lowest BCUT2D eigenvalue weighted by Gasteiger charge is -2.20. The van der Waals surface area contributed by atoms with Crippen LogP contribution in [0.4, 0.5) is 11.4 Å². The number of anilines is 2. The Labute approximate surface area is 150 Å². The SMILES string of the molecule is CC(C)(CBr)C(=O)Nc1ccc(NS(=O)(=O)c2ccccc2)cc1. The maximum Gasteiger partial charge on any atom is 0.261 e. The van der Waals surface area contributed by atoms with Crippen LogP contribution in [0.1, 0.15) is 13.8 Å². The van der Waals surface area contributed by atoms with Gasteiger partial charge in [-0.05, 0) is 36.4 Å². The number of hydrogen-bond donors (Lipinski definition) is 2. The van der Waals surface area contributed by atoms with E-state index < -0.39 is 15.4 Å². The summed E-state index contributed by atoms with van der Waals surface area (Å²) in [5.41, 5.74) is 0.501. The molecule has 2 rings (SSSR count). The van der Waals surface area contributed by atoms with Crippen molar-refractivity contribution in [2.45, 2.75) is 18.7 Å². The minimum atomic E-state index is -3.62. The maximum absolute atomic E-state index is 12.2. The van der Waals surface area contributed by atoms with E-state index >= 15 is 0 Å². The van der Waals surface area contributed by atoms with E-state index in [1.165, 1.54) is 12.1 Å². The molecule has 24 heavy (non-hydrogen) atoms. The van der Waals surface area contributed by atoms with Crippen LogP contribution in [0.15, 0.2) is 59.5 Å². The Balaban J connectivity index is 2.09. The number of rotatable bonds is 6. The second kappa shape index (κ2) is 7.36. The first-order valence-electron chi connectivity index (χ1n) is 7.30. The van der Waals surface area contributed by atoms with E-state index in [0.29, 0.717) is 16.7 Å². The fourth-order valence-electron chi connectivity index (χ4n) is 1.80. The van der Waals surface area contributed by atoms with Crippen molar-refractivity contribution in [2.75, 3.05) is 15.4 Å². The van der Waals surface area contributed by atoms with Gasteiger partial charge in [-0.2, -0.15) is 0 Å². The van der Waals surface area contributed by atoms with Gasteiger partial charge in [-0.25, -0.2) is 8.42 Å². The highest BCUT2D eigenvalue weighted by atomic mass is 79.9. The molecule has 0 atom stereocenters. The van der Waals surface area contributed by atoms with Crippen LogP contribution in [0.25, 0.3) is 0 Å². The van der Waals surface area contributed by atoms with Crippen molar-refractivity contribution in [3.05, 3.63) is 54.6 Å². The Bertz CT molecular complexity index is 803. The zero-order valence-electron chi connectivity index (χ0n) is 13.4. The molecule has 0 aromatic heterocycles. The summed E-state index contributed by atoms with van der Waals surface area (Å²) in [6, 6.07) is 14.7. The summed E-state index contributed by atoms with van der Waals surface area (Å²) in [7, 11) is -3.62. The van der Waals surface area contributed by atoms with Gasteiger partial charge in [0, 0.05) is 16.7 Å². The Morgan fingerprint density at radius 2 is 1.54 bits per heavy atom. The van der Waals surface area contributed by atoms with Crippen molar-refractivity contribution in [1.29, 1.82) is 0 Å². The molecule has 2 aromatic rings. The average molecular weight is 411 g/mol. The molecular weight excluding hydrogens is 392 g/mol. The first-order valence-corrected chi connectivity index (χ1v) is 9.90. The number of alkyl halides is 1. The number of hydrogen-bond acceptors (Lipinski definition) is 3. The largest absolute Gasteiger partial charge is 0.326 e. The molecule has 0 unspecified atom stereocenters. The molecule has 0 aliphatic rings. The van der Waals surface area contributed by atoms with Gasteiger partial charge in [-0.15, -0.1) is 0 Å². The van der Waals surface area contributed by atoms with E-state index in [-0.39, 0.29) is 10.8 Å². The van der Waals surface area contributed by atoms with Crippen LogP contribution >= 0.6 is 15.9 Å². The Morgan fingerprint density at radius 3 is 2.08 bits per heavy atom. The van der Waals surface area contributed by atoms with Crippen molar-refractivity contribution in [1.82, 2.24) is 0 Å². The predicted octanol–water partition coefficient (Wildman–Crippen LogP) is 3.85. The fourth-order valence-corrected chi connectivity index (χ4v) is 3.13. The summed E-state index contributed by atoms with van der Waals surface area (Å²) in [5.74, 6) is -0.114. The number of benzene rings is 2. The minimum Gasteiger partial charge on any atom is -0.326 e. The number of carbonyl (C=O) groups is 1. The molecule has 0 aliphatic carbocycles. The van der Waals surface area contributed by atoms with Gasteiger partial charge in [0.1, 0.15) is 0 Å². The van der Waals surface area contributed by atoms with Crippen LogP contribution in [0, 0.1) is 5.41 Å². The van der Waals surface area contributed by atoms with Crippen molar-refractivity contribution in [3.8, 4) is 0 Å². The zero-order valence-corrected chi connectivity index (χ0v) is 15.8. The molecular formula is C17H19BrN2O3S. The lowest BCUT2D eigenvalue weighted by molar-refractivity contribution is -0.122. The Kier molecular flexibility index (Phi) is 5.66. The van der Waals surface area contributed by atoms with Gasteiger partial charge in [-0.1, -0.05) is 48.0 Å². The Hall–Kier alpha value is -1.86. The number of halogens is 1. The lowest BCUT2D eigenvalue weighted by Crippen LogP contribution is -2.32. The summed E-state index contributed by atoms with van der Waals surface area (Å²) in [6.45, 7) is 3.67. The van der Waals surface area contributed by atoms with Crippen LogP contribution in [0.2, 0.25) is 0 Å². The van der Waals surface area contributed by atoms with Crippen LogP contribution in [0.3, 0.4) is 0 Å². The fraction of sp³-hybridized carbons (Fsp3) is 0.235.